The first-order chi connectivity index (χ1) is 12.2. The number of hydrogen-bond acceptors (Lipinski definition) is 5. The molecule has 2 heterocycles. The fourth-order valence-electron chi connectivity index (χ4n) is 2.87. The molecule has 130 valence electrons. The van der Waals surface area contributed by atoms with Crippen LogP contribution in [0.25, 0.3) is 0 Å². The third kappa shape index (κ3) is 4.15. The highest BCUT2D eigenvalue weighted by Gasteiger charge is 2.22. The molecule has 0 spiro atoms. The van der Waals surface area contributed by atoms with Gasteiger partial charge in [0.25, 0.3) is 5.91 Å². The zero-order valence-electron chi connectivity index (χ0n) is 14.5. The van der Waals surface area contributed by atoms with Crippen molar-refractivity contribution in [2.24, 2.45) is 0 Å². The number of hydrogen-bond donors (Lipinski definition) is 1. The summed E-state index contributed by atoms with van der Waals surface area (Å²) in [7, 11) is 0. The number of nitrogens with zero attached hydrogens (tertiary/aromatic N) is 4. The van der Waals surface area contributed by atoms with Gasteiger partial charge >= 0.3 is 0 Å². The van der Waals surface area contributed by atoms with E-state index in [2.05, 4.69) is 58.0 Å². The van der Waals surface area contributed by atoms with Gasteiger partial charge in [0, 0.05) is 50.8 Å². The molecule has 1 aromatic carbocycles. The first-order valence-corrected chi connectivity index (χ1v) is 8.45. The largest absolute Gasteiger partial charge is 0.368 e. The molecule has 1 amide bonds. The van der Waals surface area contributed by atoms with Crippen LogP contribution in [-0.2, 0) is 0 Å². The van der Waals surface area contributed by atoms with Gasteiger partial charge < -0.3 is 15.1 Å². The molecule has 0 bridgehead atoms. The minimum Gasteiger partial charge on any atom is -0.368 e. The van der Waals surface area contributed by atoms with E-state index >= 15 is 0 Å². The van der Waals surface area contributed by atoms with Gasteiger partial charge in [0.05, 0.1) is 5.56 Å². The standard InChI is InChI=1S/C19H23N5O/c1-3-7-20-19-21-13-16(14-22-19)18(25)24-10-8-23(9-11-24)17-6-4-5-15(2)12-17/h3-6,12-14H,1,7-11H2,2H3,(H,20,21,22). The lowest BCUT2D eigenvalue weighted by atomic mass is 10.2. The topological polar surface area (TPSA) is 61.4 Å². The summed E-state index contributed by atoms with van der Waals surface area (Å²) < 4.78 is 0. The maximum atomic E-state index is 12.6. The van der Waals surface area contributed by atoms with Crippen LogP contribution < -0.4 is 10.2 Å². The normalized spacial score (nSPS) is 14.3. The number of carbonyl (C=O) groups excluding carboxylic acids is 1. The van der Waals surface area contributed by atoms with Crippen LogP contribution in [0.3, 0.4) is 0 Å². The van der Waals surface area contributed by atoms with Crippen LogP contribution in [0, 0.1) is 6.92 Å². The third-order valence-electron chi connectivity index (χ3n) is 4.24. The SMILES string of the molecule is C=CCNc1ncc(C(=O)N2CCN(c3cccc(C)c3)CC2)cn1. The lowest BCUT2D eigenvalue weighted by Crippen LogP contribution is -2.48. The van der Waals surface area contributed by atoms with E-state index in [-0.39, 0.29) is 5.91 Å². The number of rotatable bonds is 5. The lowest BCUT2D eigenvalue weighted by Gasteiger charge is -2.36. The van der Waals surface area contributed by atoms with Gasteiger partial charge in [-0.2, -0.15) is 0 Å². The van der Waals surface area contributed by atoms with E-state index in [0.29, 0.717) is 31.1 Å². The fourth-order valence-corrected chi connectivity index (χ4v) is 2.87. The molecule has 1 saturated heterocycles. The highest BCUT2D eigenvalue weighted by atomic mass is 16.2. The predicted molar refractivity (Wildman–Crippen MR) is 100 cm³/mol. The maximum absolute atomic E-state index is 12.6. The summed E-state index contributed by atoms with van der Waals surface area (Å²) in [6.45, 7) is 9.37. The van der Waals surface area contributed by atoms with Gasteiger partial charge in [0.15, 0.2) is 0 Å². The Hall–Kier alpha value is -2.89. The molecule has 25 heavy (non-hydrogen) atoms. The second-order valence-corrected chi connectivity index (χ2v) is 6.08. The van der Waals surface area contributed by atoms with E-state index in [4.69, 9.17) is 0 Å². The summed E-state index contributed by atoms with van der Waals surface area (Å²) in [5, 5.41) is 3.00. The summed E-state index contributed by atoms with van der Waals surface area (Å²) in [5.41, 5.74) is 2.99. The molecule has 0 atom stereocenters. The van der Waals surface area contributed by atoms with E-state index in [1.54, 1.807) is 18.5 Å². The van der Waals surface area contributed by atoms with Crippen molar-refractivity contribution in [1.82, 2.24) is 14.9 Å². The maximum Gasteiger partial charge on any atom is 0.257 e. The van der Waals surface area contributed by atoms with Crippen molar-refractivity contribution >= 4 is 17.5 Å². The molecule has 1 fully saturated rings. The Bertz CT molecular complexity index is 736. The Kier molecular flexibility index (Phi) is 5.28. The summed E-state index contributed by atoms with van der Waals surface area (Å²) in [5.74, 6) is 0.486. The number of carbonyl (C=O) groups is 1. The zero-order valence-corrected chi connectivity index (χ0v) is 14.5. The number of amides is 1. The van der Waals surface area contributed by atoms with Crippen LogP contribution in [0.5, 0.6) is 0 Å². The Morgan fingerprint density at radius 2 is 1.96 bits per heavy atom. The highest BCUT2D eigenvalue weighted by Crippen LogP contribution is 2.18. The number of aromatic nitrogens is 2. The van der Waals surface area contributed by atoms with Gasteiger partial charge in [-0.3, -0.25) is 4.79 Å². The Labute approximate surface area is 148 Å². The molecule has 6 nitrogen and oxygen atoms in total. The van der Waals surface area contributed by atoms with Gasteiger partial charge in [-0.25, -0.2) is 9.97 Å². The molecule has 6 heteroatoms. The van der Waals surface area contributed by atoms with Gasteiger partial charge in [0.1, 0.15) is 0 Å². The molecule has 0 unspecified atom stereocenters. The van der Waals surface area contributed by atoms with E-state index in [1.807, 2.05) is 4.90 Å². The van der Waals surface area contributed by atoms with Crippen LogP contribution in [0.4, 0.5) is 11.6 Å². The van der Waals surface area contributed by atoms with Crippen molar-refractivity contribution in [3.8, 4) is 0 Å². The van der Waals surface area contributed by atoms with E-state index in [9.17, 15) is 4.79 Å². The van der Waals surface area contributed by atoms with E-state index in [1.165, 1.54) is 11.3 Å². The van der Waals surface area contributed by atoms with Crippen molar-refractivity contribution < 1.29 is 4.79 Å². The molecular weight excluding hydrogens is 314 g/mol. The Morgan fingerprint density at radius 1 is 1.24 bits per heavy atom. The van der Waals surface area contributed by atoms with E-state index in [0.717, 1.165) is 13.1 Å². The summed E-state index contributed by atoms with van der Waals surface area (Å²) in [6.07, 6.45) is 4.89. The summed E-state index contributed by atoms with van der Waals surface area (Å²) in [6, 6.07) is 8.46. The number of piperazine rings is 1. The summed E-state index contributed by atoms with van der Waals surface area (Å²) in [4.78, 5) is 25.1. The number of benzene rings is 1. The monoisotopic (exact) mass is 337 g/mol. The van der Waals surface area contributed by atoms with Gasteiger partial charge in [-0.15, -0.1) is 6.58 Å². The molecule has 1 aliphatic heterocycles. The average Bonchev–Trinajstić information content (AvgIpc) is 2.66. The molecular formula is C19H23N5O. The van der Waals surface area contributed by atoms with Crippen molar-refractivity contribution in [2.45, 2.75) is 6.92 Å². The lowest BCUT2D eigenvalue weighted by molar-refractivity contribution is 0.0746. The number of nitrogens with one attached hydrogen (secondary N) is 1. The van der Waals surface area contributed by atoms with Gasteiger partial charge in [-0.05, 0) is 24.6 Å². The molecule has 1 aliphatic rings. The fraction of sp³-hybridized carbons (Fsp3) is 0.316. The first kappa shape index (κ1) is 17.0. The number of aryl methyl sites for hydroxylation is 1. The molecule has 0 saturated carbocycles. The van der Waals surface area contributed by atoms with Gasteiger partial charge in [-0.1, -0.05) is 18.2 Å². The molecule has 1 aromatic heterocycles. The van der Waals surface area contributed by atoms with Crippen molar-refractivity contribution in [3.63, 3.8) is 0 Å². The van der Waals surface area contributed by atoms with E-state index < -0.39 is 0 Å². The summed E-state index contributed by atoms with van der Waals surface area (Å²) >= 11 is 0. The van der Waals surface area contributed by atoms with Crippen LogP contribution in [0.1, 0.15) is 15.9 Å². The molecule has 3 rings (SSSR count). The second kappa shape index (κ2) is 7.79. The smallest absolute Gasteiger partial charge is 0.257 e. The average molecular weight is 337 g/mol. The van der Waals surface area contributed by atoms with Crippen LogP contribution in [0.15, 0.2) is 49.3 Å². The van der Waals surface area contributed by atoms with Crippen LogP contribution in [-0.4, -0.2) is 53.5 Å². The molecule has 2 aromatic rings. The Morgan fingerprint density at radius 3 is 2.60 bits per heavy atom. The molecule has 0 radical (unpaired) electrons. The quantitative estimate of drug-likeness (QED) is 0.849. The van der Waals surface area contributed by atoms with Crippen molar-refractivity contribution in [3.05, 3.63) is 60.4 Å². The van der Waals surface area contributed by atoms with Gasteiger partial charge in [0.2, 0.25) is 5.95 Å². The van der Waals surface area contributed by atoms with Crippen molar-refractivity contribution in [2.75, 3.05) is 42.9 Å². The zero-order chi connectivity index (χ0) is 17.6. The molecule has 1 N–H and O–H groups in total. The predicted octanol–water partition coefficient (Wildman–Crippen LogP) is 2.35. The molecule has 0 aliphatic carbocycles. The van der Waals surface area contributed by atoms with Crippen molar-refractivity contribution in [1.29, 1.82) is 0 Å². The minimum absolute atomic E-state index is 0.0147. The Balaban J connectivity index is 1.58. The van der Waals surface area contributed by atoms with Crippen LogP contribution in [0.2, 0.25) is 0 Å². The highest BCUT2D eigenvalue weighted by molar-refractivity contribution is 5.93. The second-order valence-electron chi connectivity index (χ2n) is 6.08. The van der Waals surface area contributed by atoms with Crippen LogP contribution >= 0.6 is 0 Å². The minimum atomic E-state index is -0.0147. The first-order valence-electron chi connectivity index (χ1n) is 8.45. The number of anilines is 2. The third-order valence-corrected chi connectivity index (χ3v) is 4.24.